The summed E-state index contributed by atoms with van der Waals surface area (Å²) >= 11 is 2.73. The summed E-state index contributed by atoms with van der Waals surface area (Å²) in [5, 5.41) is 10.2. The van der Waals surface area contributed by atoms with Gasteiger partial charge in [-0.2, -0.15) is 9.64 Å². The summed E-state index contributed by atoms with van der Waals surface area (Å²) in [6, 6.07) is 2.12. The smallest absolute Gasteiger partial charge is 0.131 e. The number of aromatic nitrogens is 1. The molecule has 0 fully saturated rings. The third kappa shape index (κ3) is 3.06. The first kappa shape index (κ1) is 13.7. The van der Waals surface area contributed by atoms with Crippen LogP contribution in [0.5, 0.6) is 0 Å². The molecule has 88 valence electrons. The molecule has 1 unspecified atom stereocenters. The van der Waals surface area contributed by atoms with Gasteiger partial charge in [-0.3, -0.25) is 4.21 Å². The van der Waals surface area contributed by atoms with Crippen molar-refractivity contribution in [1.82, 2.24) is 4.37 Å². The van der Waals surface area contributed by atoms with Crippen molar-refractivity contribution < 1.29 is 4.21 Å². The Morgan fingerprint density at radius 3 is 2.50 bits per heavy atom. The zero-order chi connectivity index (χ0) is 12.3. The highest BCUT2D eigenvalue weighted by molar-refractivity contribution is 8.00. The quantitative estimate of drug-likeness (QED) is 0.792. The standard InChI is InChI=1S/C10H14N2OS3/c1-6(2)14-9-8(5-11)10(15-12-9)16(13)7(3)4/h6-7H,1-4H3. The molecule has 1 rings (SSSR count). The van der Waals surface area contributed by atoms with Crippen molar-refractivity contribution in [2.24, 2.45) is 0 Å². The Kier molecular flexibility index (Phi) is 4.96. The molecule has 1 heterocycles. The molecular weight excluding hydrogens is 260 g/mol. The van der Waals surface area contributed by atoms with Gasteiger partial charge >= 0.3 is 0 Å². The van der Waals surface area contributed by atoms with Gasteiger partial charge in [0.2, 0.25) is 0 Å². The molecule has 0 aliphatic rings. The first-order chi connectivity index (χ1) is 7.47. The molecule has 0 N–H and O–H groups in total. The highest BCUT2D eigenvalue weighted by Gasteiger charge is 2.21. The van der Waals surface area contributed by atoms with E-state index < -0.39 is 10.8 Å². The van der Waals surface area contributed by atoms with Crippen LogP contribution in [-0.2, 0) is 10.8 Å². The van der Waals surface area contributed by atoms with Crippen LogP contribution in [0.4, 0.5) is 0 Å². The van der Waals surface area contributed by atoms with Crippen molar-refractivity contribution >= 4 is 34.1 Å². The van der Waals surface area contributed by atoms with Gasteiger partial charge in [-0.1, -0.05) is 27.7 Å². The Hall–Kier alpha value is -0.380. The second-order valence-corrected chi connectivity index (χ2v) is 8.32. The van der Waals surface area contributed by atoms with Crippen molar-refractivity contribution in [2.45, 2.75) is 47.4 Å². The maximum atomic E-state index is 11.9. The fraction of sp³-hybridized carbons (Fsp3) is 0.600. The van der Waals surface area contributed by atoms with Crippen LogP contribution < -0.4 is 0 Å². The van der Waals surface area contributed by atoms with Crippen LogP contribution in [0, 0.1) is 11.3 Å². The van der Waals surface area contributed by atoms with E-state index in [9.17, 15) is 4.21 Å². The third-order valence-corrected chi connectivity index (χ3v) is 5.59. The number of thioether (sulfide) groups is 1. The van der Waals surface area contributed by atoms with Crippen LogP contribution in [0.15, 0.2) is 9.24 Å². The number of rotatable bonds is 4. The molecule has 6 heteroatoms. The monoisotopic (exact) mass is 274 g/mol. The van der Waals surface area contributed by atoms with E-state index in [2.05, 4.69) is 10.4 Å². The van der Waals surface area contributed by atoms with E-state index in [0.29, 0.717) is 20.0 Å². The Morgan fingerprint density at radius 2 is 2.06 bits per heavy atom. The van der Waals surface area contributed by atoms with Gasteiger partial charge in [-0.05, 0) is 11.5 Å². The van der Waals surface area contributed by atoms with E-state index in [1.54, 1.807) is 11.8 Å². The third-order valence-electron chi connectivity index (χ3n) is 1.70. The molecule has 0 spiro atoms. The van der Waals surface area contributed by atoms with Gasteiger partial charge in [0.1, 0.15) is 20.9 Å². The number of hydrogen-bond acceptors (Lipinski definition) is 5. The highest BCUT2D eigenvalue weighted by atomic mass is 32.2. The zero-order valence-electron chi connectivity index (χ0n) is 9.68. The lowest BCUT2D eigenvalue weighted by molar-refractivity contribution is 0.678. The van der Waals surface area contributed by atoms with Crippen LogP contribution in [0.2, 0.25) is 0 Å². The van der Waals surface area contributed by atoms with E-state index in [1.165, 1.54) is 11.5 Å². The average molecular weight is 274 g/mol. The van der Waals surface area contributed by atoms with Crippen molar-refractivity contribution in [3.8, 4) is 6.07 Å². The number of nitrogens with zero attached hydrogens (tertiary/aromatic N) is 2. The second kappa shape index (κ2) is 5.80. The van der Waals surface area contributed by atoms with Gasteiger partial charge in [-0.25, -0.2) is 0 Å². The summed E-state index contributed by atoms with van der Waals surface area (Å²) in [4.78, 5) is 0. The van der Waals surface area contributed by atoms with Crippen LogP contribution in [0.3, 0.4) is 0 Å². The summed E-state index contributed by atoms with van der Waals surface area (Å²) in [5.74, 6) is 0. The van der Waals surface area contributed by atoms with E-state index in [4.69, 9.17) is 5.26 Å². The topological polar surface area (TPSA) is 53.8 Å². The molecule has 1 aromatic rings. The maximum absolute atomic E-state index is 11.9. The Balaban J connectivity index is 3.10. The normalized spacial score (nSPS) is 13.1. The molecule has 1 aromatic heterocycles. The summed E-state index contributed by atoms with van der Waals surface area (Å²) in [6.45, 7) is 7.85. The zero-order valence-corrected chi connectivity index (χ0v) is 12.1. The molecule has 1 atom stereocenters. The van der Waals surface area contributed by atoms with E-state index >= 15 is 0 Å². The second-order valence-electron chi connectivity index (χ2n) is 3.77. The van der Waals surface area contributed by atoms with Crippen molar-refractivity contribution in [3.63, 3.8) is 0 Å². The molecule has 3 nitrogen and oxygen atoms in total. The van der Waals surface area contributed by atoms with Gasteiger partial charge < -0.3 is 0 Å². The molecule has 16 heavy (non-hydrogen) atoms. The van der Waals surface area contributed by atoms with Crippen molar-refractivity contribution in [2.75, 3.05) is 0 Å². The van der Waals surface area contributed by atoms with Crippen molar-refractivity contribution in [1.29, 1.82) is 5.26 Å². The van der Waals surface area contributed by atoms with E-state index in [0.717, 1.165) is 0 Å². The fourth-order valence-electron chi connectivity index (χ4n) is 1.01. The largest absolute Gasteiger partial charge is 0.253 e. The van der Waals surface area contributed by atoms with Gasteiger partial charge in [0.25, 0.3) is 0 Å². The summed E-state index contributed by atoms with van der Waals surface area (Å²) < 4.78 is 16.8. The lowest BCUT2D eigenvalue weighted by Crippen LogP contribution is -2.05. The molecular formula is C10H14N2OS3. The van der Waals surface area contributed by atoms with Crippen LogP contribution >= 0.6 is 23.3 Å². The highest BCUT2D eigenvalue weighted by Crippen LogP contribution is 2.32. The molecule has 0 saturated heterocycles. The van der Waals surface area contributed by atoms with Crippen LogP contribution in [-0.4, -0.2) is 19.1 Å². The molecule has 0 saturated carbocycles. The lowest BCUT2D eigenvalue weighted by Gasteiger charge is -2.03. The van der Waals surface area contributed by atoms with Gasteiger partial charge in [0.15, 0.2) is 0 Å². The fourth-order valence-corrected chi connectivity index (χ4v) is 4.38. The molecule has 0 aliphatic heterocycles. The first-order valence-corrected chi connectivity index (χ1v) is 7.81. The summed E-state index contributed by atoms with van der Waals surface area (Å²) in [6.07, 6.45) is 0. The molecule has 0 bridgehead atoms. The Labute approximate surface area is 107 Å². The van der Waals surface area contributed by atoms with E-state index in [1.807, 2.05) is 27.7 Å². The van der Waals surface area contributed by atoms with E-state index in [-0.39, 0.29) is 5.25 Å². The van der Waals surface area contributed by atoms with Crippen LogP contribution in [0.25, 0.3) is 0 Å². The Morgan fingerprint density at radius 1 is 1.44 bits per heavy atom. The minimum absolute atomic E-state index is 0.0180. The predicted molar refractivity (Wildman–Crippen MR) is 69.4 cm³/mol. The minimum Gasteiger partial charge on any atom is -0.253 e. The summed E-state index contributed by atoms with van der Waals surface area (Å²) in [5.41, 5.74) is 0.496. The minimum atomic E-state index is -1.12. The van der Waals surface area contributed by atoms with Gasteiger partial charge in [0.05, 0.1) is 10.8 Å². The number of hydrogen-bond donors (Lipinski definition) is 0. The van der Waals surface area contributed by atoms with Gasteiger partial charge in [0, 0.05) is 10.5 Å². The SMILES string of the molecule is CC(C)Sc1nsc(S(=O)C(C)C)c1C#N. The van der Waals surface area contributed by atoms with Crippen molar-refractivity contribution in [3.05, 3.63) is 5.56 Å². The molecule has 0 aliphatic carbocycles. The van der Waals surface area contributed by atoms with Crippen LogP contribution in [0.1, 0.15) is 33.3 Å². The molecule has 0 amide bonds. The van der Waals surface area contributed by atoms with Gasteiger partial charge in [-0.15, -0.1) is 11.8 Å². The predicted octanol–water partition coefficient (Wildman–Crippen LogP) is 3.03. The number of nitriles is 1. The maximum Gasteiger partial charge on any atom is 0.131 e. The molecule has 0 aromatic carbocycles. The summed E-state index contributed by atoms with van der Waals surface area (Å²) in [7, 11) is -1.12. The first-order valence-electron chi connectivity index (χ1n) is 4.94. The Bertz CT molecular complexity index is 432. The lowest BCUT2D eigenvalue weighted by atomic mass is 10.4. The average Bonchev–Trinajstić information content (AvgIpc) is 2.58. The molecule has 0 radical (unpaired) electrons.